The van der Waals surface area contributed by atoms with Crippen molar-refractivity contribution in [3.8, 4) is 5.75 Å². The summed E-state index contributed by atoms with van der Waals surface area (Å²) in [6.45, 7) is 1.83. The molecule has 1 fully saturated rings. The topological polar surface area (TPSA) is 75.7 Å². The van der Waals surface area contributed by atoms with Crippen LogP contribution in [0.1, 0.15) is 25.3 Å². The number of carbonyl (C=O) groups is 3. The highest BCUT2D eigenvalue weighted by Crippen LogP contribution is 2.18. The predicted molar refractivity (Wildman–Crippen MR) is 96.4 cm³/mol. The first-order valence-corrected chi connectivity index (χ1v) is 8.57. The fourth-order valence-electron chi connectivity index (χ4n) is 2.69. The minimum absolute atomic E-state index is 0.163. The van der Waals surface area contributed by atoms with Crippen LogP contribution in [0.2, 0.25) is 0 Å². The van der Waals surface area contributed by atoms with Gasteiger partial charge in [0.1, 0.15) is 11.6 Å². The summed E-state index contributed by atoms with van der Waals surface area (Å²) in [4.78, 5) is 36.8. The largest absolute Gasteiger partial charge is 0.481 e. The third kappa shape index (κ3) is 4.69. The van der Waals surface area contributed by atoms with Crippen LogP contribution in [0.5, 0.6) is 5.75 Å². The van der Waals surface area contributed by atoms with Crippen molar-refractivity contribution in [3.63, 3.8) is 0 Å². The van der Waals surface area contributed by atoms with Crippen molar-refractivity contribution in [2.75, 3.05) is 5.32 Å². The smallest absolute Gasteiger partial charge is 0.265 e. The maximum Gasteiger partial charge on any atom is 0.265 e. The fraction of sp³-hybridized carbons (Fsp3) is 0.250. The van der Waals surface area contributed by atoms with E-state index in [0.29, 0.717) is 11.4 Å². The zero-order valence-electron chi connectivity index (χ0n) is 14.8. The molecule has 1 saturated heterocycles. The van der Waals surface area contributed by atoms with Gasteiger partial charge in [-0.2, -0.15) is 0 Å². The van der Waals surface area contributed by atoms with Crippen molar-refractivity contribution in [1.82, 2.24) is 4.90 Å². The minimum atomic E-state index is -0.769. The zero-order valence-corrected chi connectivity index (χ0v) is 14.8. The highest BCUT2D eigenvalue weighted by molar-refractivity contribution is 6.01. The predicted octanol–water partition coefficient (Wildman–Crippen LogP) is 2.88. The maximum atomic E-state index is 12.9. The number of imide groups is 1. The Morgan fingerprint density at radius 2 is 1.67 bits per heavy atom. The van der Waals surface area contributed by atoms with Crippen molar-refractivity contribution in [1.29, 1.82) is 0 Å². The van der Waals surface area contributed by atoms with Gasteiger partial charge in [0, 0.05) is 18.5 Å². The number of hydrogen-bond acceptors (Lipinski definition) is 4. The summed E-state index contributed by atoms with van der Waals surface area (Å²) in [7, 11) is 0. The van der Waals surface area contributed by atoms with Crippen LogP contribution in [0.15, 0.2) is 48.5 Å². The van der Waals surface area contributed by atoms with Gasteiger partial charge in [-0.25, -0.2) is 4.39 Å². The van der Waals surface area contributed by atoms with Gasteiger partial charge in [0.05, 0.1) is 6.54 Å². The summed E-state index contributed by atoms with van der Waals surface area (Å²) in [5.74, 6) is -0.656. The molecule has 1 aliphatic heterocycles. The van der Waals surface area contributed by atoms with E-state index in [0.717, 1.165) is 5.56 Å². The molecule has 1 N–H and O–H groups in total. The SMILES string of the molecule is C[C@@H](Oc1ccc(F)cc1)C(=O)Nc1ccc(CN2C(=O)CCC2=O)cc1. The average molecular weight is 370 g/mol. The summed E-state index contributed by atoms with van der Waals surface area (Å²) in [6, 6.07) is 12.3. The second-order valence-electron chi connectivity index (χ2n) is 6.27. The first kappa shape index (κ1) is 18.6. The minimum Gasteiger partial charge on any atom is -0.481 e. The molecule has 1 aliphatic rings. The number of rotatable bonds is 6. The van der Waals surface area contributed by atoms with Crippen molar-refractivity contribution in [2.45, 2.75) is 32.4 Å². The van der Waals surface area contributed by atoms with Crippen molar-refractivity contribution < 1.29 is 23.5 Å². The zero-order chi connectivity index (χ0) is 19.4. The molecule has 0 unspecified atom stereocenters. The first-order valence-electron chi connectivity index (χ1n) is 8.57. The molecule has 3 amide bonds. The lowest BCUT2D eigenvalue weighted by Crippen LogP contribution is -2.30. The van der Waals surface area contributed by atoms with Crippen LogP contribution in [0.25, 0.3) is 0 Å². The molecule has 6 nitrogen and oxygen atoms in total. The van der Waals surface area contributed by atoms with E-state index in [1.165, 1.54) is 29.2 Å². The molecule has 2 aromatic rings. The Hall–Kier alpha value is -3.22. The number of halogens is 1. The average Bonchev–Trinajstić information content (AvgIpc) is 2.97. The van der Waals surface area contributed by atoms with Crippen LogP contribution in [0, 0.1) is 5.82 Å². The molecule has 0 radical (unpaired) electrons. The Bertz CT molecular complexity index is 833. The van der Waals surface area contributed by atoms with Crippen LogP contribution in [0.4, 0.5) is 10.1 Å². The molecule has 2 aromatic carbocycles. The van der Waals surface area contributed by atoms with Crippen LogP contribution in [-0.2, 0) is 20.9 Å². The van der Waals surface area contributed by atoms with E-state index in [1.54, 1.807) is 31.2 Å². The molecular formula is C20H19FN2O4. The number of ether oxygens (including phenoxy) is 1. The molecule has 0 bridgehead atoms. The number of amides is 3. The van der Waals surface area contributed by atoms with Crippen LogP contribution < -0.4 is 10.1 Å². The fourth-order valence-corrected chi connectivity index (χ4v) is 2.69. The normalized spacial score (nSPS) is 15.0. The molecular weight excluding hydrogens is 351 g/mol. The molecule has 140 valence electrons. The summed E-state index contributed by atoms with van der Waals surface area (Å²) < 4.78 is 18.4. The lowest BCUT2D eigenvalue weighted by molar-refractivity contribution is -0.139. The van der Waals surface area contributed by atoms with Gasteiger partial charge >= 0.3 is 0 Å². The maximum absolute atomic E-state index is 12.9. The summed E-state index contributed by atoms with van der Waals surface area (Å²) >= 11 is 0. The van der Waals surface area contributed by atoms with Crippen LogP contribution >= 0.6 is 0 Å². The van der Waals surface area contributed by atoms with E-state index in [4.69, 9.17) is 4.74 Å². The molecule has 1 atom stereocenters. The highest BCUT2D eigenvalue weighted by Gasteiger charge is 2.28. The van der Waals surface area contributed by atoms with Crippen molar-refractivity contribution in [3.05, 3.63) is 59.9 Å². The summed E-state index contributed by atoms with van der Waals surface area (Å²) in [5, 5.41) is 2.73. The van der Waals surface area contributed by atoms with Gasteiger partial charge in [-0.3, -0.25) is 19.3 Å². The summed E-state index contributed by atoms with van der Waals surface area (Å²) in [5.41, 5.74) is 1.37. The molecule has 0 aliphatic carbocycles. The quantitative estimate of drug-likeness (QED) is 0.794. The second kappa shape index (κ2) is 7.99. The second-order valence-corrected chi connectivity index (χ2v) is 6.27. The van der Waals surface area contributed by atoms with Crippen LogP contribution in [-0.4, -0.2) is 28.7 Å². The monoisotopic (exact) mass is 370 g/mol. The van der Waals surface area contributed by atoms with Crippen molar-refractivity contribution >= 4 is 23.4 Å². The van der Waals surface area contributed by atoms with Gasteiger partial charge in [-0.15, -0.1) is 0 Å². The van der Waals surface area contributed by atoms with Gasteiger partial charge in [-0.05, 0) is 48.9 Å². The number of benzene rings is 2. The van der Waals surface area contributed by atoms with Crippen LogP contribution in [0.3, 0.4) is 0 Å². The number of likely N-dealkylation sites (tertiary alicyclic amines) is 1. The third-order valence-corrected chi connectivity index (χ3v) is 4.21. The van der Waals surface area contributed by atoms with E-state index >= 15 is 0 Å². The number of nitrogens with zero attached hydrogens (tertiary/aromatic N) is 1. The highest BCUT2D eigenvalue weighted by atomic mass is 19.1. The number of anilines is 1. The van der Waals surface area contributed by atoms with Gasteiger partial charge in [0.25, 0.3) is 5.91 Å². The standard InChI is InChI=1S/C20H19FN2O4/c1-13(27-17-8-4-15(21)5-9-17)20(26)22-16-6-2-14(3-7-16)12-23-18(24)10-11-19(23)25/h2-9,13H,10-12H2,1H3,(H,22,26)/t13-/m1/s1. The van der Waals surface area contributed by atoms with E-state index in [2.05, 4.69) is 5.32 Å². The number of carbonyl (C=O) groups excluding carboxylic acids is 3. The number of hydrogen-bond donors (Lipinski definition) is 1. The molecule has 27 heavy (non-hydrogen) atoms. The van der Waals surface area contributed by atoms with Gasteiger partial charge in [0.15, 0.2) is 6.10 Å². The molecule has 3 rings (SSSR count). The lowest BCUT2D eigenvalue weighted by Gasteiger charge is -2.16. The van der Waals surface area contributed by atoms with E-state index < -0.39 is 6.10 Å². The van der Waals surface area contributed by atoms with Gasteiger partial charge in [-0.1, -0.05) is 12.1 Å². The first-order chi connectivity index (χ1) is 12.9. The summed E-state index contributed by atoms with van der Waals surface area (Å²) in [6.07, 6.45) is -0.243. The Kier molecular flexibility index (Phi) is 5.49. The molecule has 0 aromatic heterocycles. The molecule has 0 saturated carbocycles. The Balaban J connectivity index is 1.55. The number of nitrogens with one attached hydrogen (secondary N) is 1. The van der Waals surface area contributed by atoms with E-state index in [1.807, 2.05) is 0 Å². The van der Waals surface area contributed by atoms with E-state index in [-0.39, 0.29) is 42.9 Å². The Morgan fingerprint density at radius 1 is 1.07 bits per heavy atom. The van der Waals surface area contributed by atoms with Gasteiger partial charge < -0.3 is 10.1 Å². The third-order valence-electron chi connectivity index (χ3n) is 4.21. The van der Waals surface area contributed by atoms with Crippen molar-refractivity contribution in [2.24, 2.45) is 0 Å². The van der Waals surface area contributed by atoms with E-state index in [9.17, 15) is 18.8 Å². The molecule has 0 spiro atoms. The molecule has 7 heteroatoms. The lowest BCUT2D eigenvalue weighted by atomic mass is 10.2. The molecule has 1 heterocycles. The van der Waals surface area contributed by atoms with Gasteiger partial charge in [0.2, 0.25) is 11.8 Å². The Labute approximate surface area is 155 Å². The Morgan fingerprint density at radius 3 is 2.26 bits per heavy atom.